The van der Waals surface area contributed by atoms with Crippen molar-refractivity contribution in [1.29, 1.82) is 0 Å². The highest BCUT2D eigenvalue weighted by atomic mass is 35.5. The summed E-state index contributed by atoms with van der Waals surface area (Å²) in [4.78, 5) is 41.3. The van der Waals surface area contributed by atoms with Crippen molar-refractivity contribution in [1.82, 2.24) is 4.90 Å². The van der Waals surface area contributed by atoms with Gasteiger partial charge in [0.1, 0.15) is 11.4 Å². The first-order valence-electron chi connectivity index (χ1n) is 13.0. The van der Waals surface area contributed by atoms with Crippen molar-refractivity contribution in [3.05, 3.63) is 95.8 Å². The van der Waals surface area contributed by atoms with Crippen molar-refractivity contribution in [2.45, 2.75) is 31.3 Å². The van der Waals surface area contributed by atoms with Gasteiger partial charge in [-0.25, -0.2) is 14.0 Å². The number of urea groups is 1. The monoisotopic (exact) mass is 603 g/mol. The number of anilines is 2. The highest BCUT2D eigenvalue weighted by molar-refractivity contribution is 6.18. The number of halogens is 3. The third-order valence-corrected chi connectivity index (χ3v) is 7.02. The molecule has 0 fully saturated rings. The largest absolute Gasteiger partial charge is 0.481 e. The van der Waals surface area contributed by atoms with Crippen LogP contribution in [0.1, 0.15) is 24.0 Å². The number of benzene rings is 3. The SMILES string of the molecule is O=C(O)CC[C@@](Cc1ccccc1)(C(=O)O)N(Cc1ccccc1)C(=O)Nc1ccc(N(CCCl)CCCl)c(F)c1. The van der Waals surface area contributed by atoms with E-state index in [9.17, 15) is 24.6 Å². The third kappa shape index (κ3) is 8.58. The number of carboxylic acid groups (broad SMARTS) is 2. The van der Waals surface area contributed by atoms with Crippen LogP contribution >= 0.6 is 23.2 Å². The zero-order valence-electron chi connectivity index (χ0n) is 22.3. The van der Waals surface area contributed by atoms with Crippen LogP contribution in [0.15, 0.2) is 78.9 Å². The summed E-state index contributed by atoms with van der Waals surface area (Å²) in [5.74, 6) is -2.64. The van der Waals surface area contributed by atoms with Gasteiger partial charge in [0.15, 0.2) is 0 Å². The number of rotatable bonds is 15. The Morgan fingerprint density at radius 1 is 0.854 bits per heavy atom. The molecule has 0 saturated carbocycles. The van der Waals surface area contributed by atoms with E-state index in [0.29, 0.717) is 24.2 Å². The maximum absolute atomic E-state index is 15.2. The number of hydrogen-bond acceptors (Lipinski definition) is 4. The van der Waals surface area contributed by atoms with Crippen molar-refractivity contribution < 1.29 is 29.0 Å². The van der Waals surface area contributed by atoms with Crippen molar-refractivity contribution in [2.75, 3.05) is 35.1 Å². The summed E-state index contributed by atoms with van der Waals surface area (Å²) in [6, 6.07) is 20.8. The number of nitrogens with one attached hydrogen (secondary N) is 1. The van der Waals surface area contributed by atoms with Gasteiger partial charge in [-0.05, 0) is 35.7 Å². The molecule has 41 heavy (non-hydrogen) atoms. The molecule has 0 aliphatic carbocycles. The fourth-order valence-corrected chi connectivity index (χ4v) is 5.04. The van der Waals surface area contributed by atoms with E-state index >= 15 is 4.39 Å². The normalized spacial score (nSPS) is 12.3. The molecule has 218 valence electrons. The molecular weight excluding hydrogens is 572 g/mol. The van der Waals surface area contributed by atoms with E-state index in [0.717, 1.165) is 11.0 Å². The predicted octanol–water partition coefficient (Wildman–Crippen LogP) is 6.07. The molecule has 0 saturated heterocycles. The van der Waals surface area contributed by atoms with E-state index in [1.165, 1.54) is 12.1 Å². The van der Waals surface area contributed by atoms with Gasteiger partial charge in [0, 0.05) is 49.9 Å². The number of carbonyl (C=O) groups is 3. The molecule has 2 amide bonds. The Bertz CT molecular complexity index is 1310. The zero-order valence-corrected chi connectivity index (χ0v) is 23.8. The summed E-state index contributed by atoms with van der Waals surface area (Å²) in [6.45, 7) is 0.600. The van der Waals surface area contributed by atoms with Crippen molar-refractivity contribution >= 4 is 52.5 Å². The number of amides is 2. The van der Waals surface area contributed by atoms with Gasteiger partial charge in [-0.2, -0.15) is 0 Å². The summed E-state index contributed by atoms with van der Waals surface area (Å²) in [5, 5.41) is 22.7. The van der Waals surface area contributed by atoms with Gasteiger partial charge < -0.3 is 25.3 Å². The standard InChI is InChI=1S/C30H32Cl2FN3O5/c31-15-17-35(18-16-32)26-12-11-24(19-25(26)33)34-29(41)36(21-23-9-5-2-6-10-23)30(28(39)40,14-13-27(37)38)20-22-7-3-1-4-8-22/h1-12,19H,13-18,20-21H2,(H,34,41)(H,37,38)(H,39,40)/t30-/m1/s1. The fraction of sp³-hybridized carbons (Fsp3) is 0.300. The second-order valence-corrected chi connectivity index (χ2v) is 10.2. The topological polar surface area (TPSA) is 110 Å². The summed E-state index contributed by atoms with van der Waals surface area (Å²) >= 11 is 11.7. The van der Waals surface area contributed by atoms with Crippen LogP contribution in [0.3, 0.4) is 0 Å². The quantitative estimate of drug-likeness (QED) is 0.182. The first kappa shape index (κ1) is 31.7. The second-order valence-electron chi connectivity index (χ2n) is 9.43. The van der Waals surface area contributed by atoms with Crippen molar-refractivity contribution in [3.8, 4) is 0 Å². The van der Waals surface area contributed by atoms with Crippen LogP contribution in [-0.2, 0) is 22.6 Å². The van der Waals surface area contributed by atoms with Crippen molar-refractivity contribution in [3.63, 3.8) is 0 Å². The van der Waals surface area contributed by atoms with Crippen LogP contribution in [0.2, 0.25) is 0 Å². The van der Waals surface area contributed by atoms with Crippen LogP contribution in [0.25, 0.3) is 0 Å². The predicted molar refractivity (Wildman–Crippen MR) is 158 cm³/mol. The zero-order chi connectivity index (χ0) is 29.8. The van der Waals surface area contributed by atoms with Gasteiger partial charge >= 0.3 is 18.0 Å². The van der Waals surface area contributed by atoms with Crippen LogP contribution < -0.4 is 10.2 Å². The molecule has 0 aliphatic heterocycles. The average molecular weight is 605 g/mol. The maximum atomic E-state index is 15.2. The number of alkyl halides is 2. The minimum absolute atomic E-state index is 0.100. The Morgan fingerprint density at radius 2 is 1.44 bits per heavy atom. The molecule has 0 unspecified atom stereocenters. The van der Waals surface area contributed by atoms with E-state index in [4.69, 9.17) is 23.2 Å². The fourth-order valence-electron chi connectivity index (χ4n) is 4.64. The number of carboxylic acids is 2. The van der Waals surface area contributed by atoms with E-state index in [2.05, 4.69) is 5.32 Å². The first-order valence-corrected chi connectivity index (χ1v) is 14.0. The lowest BCUT2D eigenvalue weighted by atomic mass is 9.84. The third-order valence-electron chi connectivity index (χ3n) is 6.68. The molecule has 0 spiro atoms. The molecular formula is C30H32Cl2FN3O5. The molecule has 1 atom stereocenters. The Kier molecular flexibility index (Phi) is 11.8. The number of nitrogens with zero attached hydrogens (tertiary/aromatic N) is 2. The number of carbonyl (C=O) groups excluding carboxylic acids is 1. The van der Waals surface area contributed by atoms with Gasteiger partial charge in [-0.15, -0.1) is 23.2 Å². The van der Waals surface area contributed by atoms with Crippen LogP contribution in [0.5, 0.6) is 0 Å². The minimum atomic E-state index is -1.93. The van der Waals surface area contributed by atoms with Gasteiger partial charge in [0.2, 0.25) is 0 Å². The number of hydrogen-bond donors (Lipinski definition) is 3. The molecule has 0 aliphatic rings. The first-order chi connectivity index (χ1) is 19.7. The second kappa shape index (κ2) is 15.3. The smallest absolute Gasteiger partial charge is 0.330 e. The van der Waals surface area contributed by atoms with Gasteiger partial charge in [-0.1, -0.05) is 60.7 Å². The van der Waals surface area contributed by atoms with E-state index in [1.807, 2.05) is 0 Å². The Balaban J connectivity index is 2.04. The Morgan fingerprint density at radius 3 is 1.95 bits per heavy atom. The molecule has 3 N–H and O–H groups in total. The molecule has 0 bridgehead atoms. The lowest BCUT2D eigenvalue weighted by molar-refractivity contribution is -0.151. The van der Waals surface area contributed by atoms with Crippen molar-refractivity contribution in [2.24, 2.45) is 0 Å². The number of aliphatic carboxylic acids is 2. The highest BCUT2D eigenvalue weighted by Crippen LogP contribution is 2.31. The molecule has 0 aromatic heterocycles. The average Bonchev–Trinajstić information content (AvgIpc) is 2.95. The van der Waals surface area contributed by atoms with Gasteiger partial charge in [-0.3, -0.25) is 4.79 Å². The minimum Gasteiger partial charge on any atom is -0.481 e. The molecule has 8 nitrogen and oxygen atoms in total. The molecule has 3 aromatic rings. The van der Waals surface area contributed by atoms with E-state index < -0.39 is 35.7 Å². The highest BCUT2D eigenvalue weighted by Gasteiger charge is 2.47. The molecule has 3 aromatic carbocycles. The van der Waals surface area contributed by atoms with Gasteiger partial charge in [0.25, 0.3) is 0 Å². The Hall–Kier alpha value is -3.82. The lowest BCUT2D eigenvalue weighted by Crippen LogP contribution is -2.59. The summed E-state index contributed by atoms with van der Waals surface area (Å²) < 4.78 is 15.2. The van der Waals surface area contributed by atoms with Crippen LogP contribution in [0.4, 0.5) is 20.6 Å². The summed E-state index contributed by atoms with van der Waals surface area (Å²) in [7, 11) is 0. The Labute approximate surface area is 248 Å². The van der Waals surface area contributed by atoms with Crippen LogP contribution in [-0.4, -0.2) is 63.5 Å². The van der Waals surface area contributed by atoms with E-state index in [-0.39, 0.29) is 42.5 Å². The lowest BCUT2D eigenvalue weighted by Gasteiger charge is -2.41. The summed E-state index contributed by atoms with van der Waals surface area (Å²) in [6.07, 6.45) is -0.986. The molecule has 0 heterocycles. The maximum Gasteiger partial charge on any atom is 0.330 e. The molecule has 11 heteroatoms. The molecule has 3 rings (SSSR count). The van der Waals surface area contributed by atoms with E-state index in [1.54, 1.807) is 65.6 Å². The molecule has 0 radical (unpaired) electrons. The van der Waals surface area contributed by atoms with Gasteiger partial charge in [0.05, 0.1) is 5.69 Å². The summed E-state index contributed by atoms with van der Waals surface area (Å²) in [5.41, 5.74) is -0.328. The van der Waals surface area contributed by atoms with Crippen LogP contribution in [0, 0.1) is 5.82 Å².